The second-order valence-electron chi connectivity index (χ2n) is 16.1. The summed E-state index contributed by atoms with van der Waals surface area (Å²) >= 11 is 0. The van der Waals surface area contributed by atoms with Gasteiger partial charge >= 0.3 is 0 Å². The Morgan fingerprint density at radius 3 is 2.04 bits per heavy atom. The van der Waals surface area contributed by atoms with Crippen molar-refractivity contribution in [1.82, 2.24) is 9.55 Å². The van der Waals surface area contributed by atoms with Gasteiger partial charge in [-0.3, -0.25) is 4.98 Å². The first-order chi connectivity index (χ1) is 22.3. The van der Waals surface area contributed by atoms with Gasteiger partial charge < -0.3 is 4.57 Å². The van der Waals surface area contributed by atoms with Gasteiger partial charge in [0.1, 0.15) is 0 Å². The number of hydrogen-bond acceptors (Lipinski definition) is 1. The van der Waals surface area contributed by atoms with Crippen LogP contribution in [0, 0.1) is 5.41 Å². The molecule has 9 rings (SSSR count). The molecule has 47 heavy (non-hydrogen) atoms. The van der Waals surface area contributed by atoms with Crippen LogP contribution in [-0.4, -0.2) is 9.55 Å². The number of hydrogen-bond donors (Lipinski definition) is 0. The Labute approximate surface area is 278 Å². The number of para-hydroxylation sites is 1. The largest absolute Gasteiger partial charge is 0.309 e. The van der Waals surface area contributed by atoms with Gasteiger partial charge in [0.2, 0.25) is 0 Å². The highest BCUT2D eigenvalue weighted by atomic mass is 15.0. The standard InChI is InChI=1S/C45H42N2/c1-42(2)35-18-11-9-16-30(35)33-24-34-31-17-10-12-19-39(31)47(40(34)26-36(33)42)29-15-13-14-28(22-29)41-32-25-38-37(23-27(32)20-21-46-41)43(3,4)45(7,8)44(38,5)6/h9-26H,1-8H3. The fourth-order valence-corrected chi connectivity index (χ4v) is 9.17. The van der Waals surface area contributed by atoms with Gasteiger partial charge in [0.15, 0.2) is 0 Å². The molecule has 0 radical (unpaired) electrons. The Hall–Kier alpha value is -4.69. The molecular weight excluding hydrogens is 569 g/mol. The predicted octanol–water partition coefficient (Wildman–Crippen LogP) is 11.9. The van der Waals surface area contributed by atoms with Gasteiger partial charge in [-0.2, -0.15) is 0 Å². The van der Waals surface area contributed by atoms with Crippen LogP contribution in [0.5, 0.6) is 0 Å². The molecule has 0 saturated heterocycles. The minimum absolute atomic E-state index is 0.0334. The Morgan fingerprint density at radius 2 is 1.23 bits per heavy atom. The molecule has 2 aliphatic carbocycles. The number of fused-ring (bicyclic) bond motifs is 8. The lowest BCUT2D eigenvalue weighted by molar-refractivity contribution is 0.125. The van der Waals surface area contributed by atoms with Crippen LogP contribution in [0.2, 0.25) is 0 Å². The second kappa shape index (κ2) is 9.01. The number of pyridine rings is 1. The van der Waals surface area contributed by atoms with Gasteiger partial charge in [-0.1, -0.05) is 116 Å². The van der Waals surface area contributed by atoms with Crippen molar-refractivity contribution in [3.8, 4) is 28.1 Å². The highest BCUT2D eigenvalue weighted by molar-refractivity contribution is 6.11. The molecule has 0 atom stereocenters. The van der Waals surface area contributed by atoms with Gasteiger partial charge in [0.25, 0.3) is 0 Å². The topological polar surface area (TPSA) is 17.8 Å². The van der Waals surface area contributed by atoms with E-state index >= 15 is 0 Å². The van der Waals surface area contributed by atoms with E-state index in [1.807, 2.05) is 6.20 Å². The maximum Gasteiger partial charge on any atom is 0.0781 e. The lowest BCUT2D eigenvalue weighted by Crippen LogP contribution is -2.42. The van der Waals surface area contributed by atoms with Crippen molar-refractivity contribution in [2.45, 2.75) is 71.6 Å². The first-order valence-corrected chi connectivity index (χ1v) is 17.1. The molecule has 0 saturated carbocycles. The SMILES string of the molecule is CC1(C)c2ccccc2-c2cc3c4ccccc4n(-c4cccc(-c5nccc6cc7c(cc56)C(C)(C)C(C)(C)C7(C)C)c4)c3cc21. The van der Waals surface area contributed by atoms with Gasteiger partial charge in [-0.15, -0.1) is 0 Å². The summed E-state index contributed by atoms with van der Waals surface area (Å²) in [7, 11) is 0. The normalized spacial score (nSPS) is 18.0. The highest BCUT2D eigenvalue weighted by Crippen LogP contribution is 2.62. The summed E-state index contributed by atoms with van der Waals surface area (Å²) in [6.45, 7) is 19.3. The molecular formula is C45H42N2. The van der Waals surface area contributed by atoms with Gasteiger partial charge in [0, 0.05) is 39.0 Å². The number of benzene rings is 5. The number of rotatable bonds is 2. The van der Waals surface area contributed by atoms with Crippen LogP contribution < -0.4 is 0 Å². The van der Waals surface area contributed by atoms with Crippen molar-refractivity contribution < 1.29 is 0 Å². The average Bonchev–Trinajstić information content (AvgIpc) is 3.54. The molecule has 0 N–H and O–H groups in total. The molecule has 7 aromatic rings. The number of aromatic nitrogens is 2. The molecule has 2 aromatic heterocycles. The van der Waals surface area contributed by atoms with E-state index in [1.54, 1.807) is 0 Å². The summed E-state index contributed by atoms with van der Waals surface area (Å²) in [4.78, 5) is 5.05. The van der Waals surface area contributed by atoms with Crippen molar-refractivity contribution in [3.05, 3.63) is 132 Å². The summed E-state index contributed by atoms with van der Waals surface area (Å²) in [5, 5.41) is 5.06. The zero-order chi connectivity index (χ0) is 32.7. The fourth-order valence-electron chi connectivity index (χ4n) is 9.17. The van der Waals surface area contributed by atoms with Gasteiger partial charge in [0.05, 0.1) is 16.7 Å². The molecule has 0 fully saturated rings. The second-order valence-corrected chi connectivity index (χ2v) is 16.1. The van der Waals surface area contributed by atoms with Crippen LogP contribution in [0.1, 0.15) is 77.6 Å². The van der Waals surface area contributed by atoms with Crippen molar-refractivity contribution in [2.75, 3.05) is 0 Å². The van der Waals surface area contributed by atoms with E-state index in [0.29, 0.717) is 0 Å². The molecule has 2 aliphatic rings. The quantitative estimate of drug-likeness (QED) is 0.190. The van der Waals surface area contributed by atoms with Crippen molar-refractivity contribution in [2.24, 2.45) is 5.41 Å². The molecule has 0 bridgehead atoms. The van der Waals surface area contributed by atoms with E-state index < -0.39 is 0 Å². The molecule has 0 aliphatic heterocycles. The summed E-state index contributed by atoms with van der Waals surface area (Å²) in [6, 6.07) is 38.8. The van der Waals surface area contributed by atoms with E-state index in [0.717, 1.165) is 16.9 Å². The Kier molecular flexibility index (Phi) is 5.47. The fraction of sp³-hybridized carbons (Fsp3) is 0.267. The van der Waals surface area contributed by atoms with Crippen LogP contribution >= 0.6 is 0 Å². The number of nitrogens with zero attached hydrogens (tertiary/aromatic N) is 2. The predicted molar refractivity (Wildman–Crippen MR) is 199 cm³/mol. The summed E-state index contributed by atoms with van der Waals surface area (Å²) < 4.78 is 2.46. The minimum Gasteiger partial charge on any atom is -0.309 e. The van der Waals surface area contributed by atoms with Crippen LogP contribution in [0.3, 0.4) is 0 Å². The van der Waals surface area contributed by atoms with E-state index in [1.165, 1.54) is 66.0 Å². The molecule has 2 nitrogen and oxygen atoms in total. The van der Waals surface area contributed by atoms with Crippen LogP contribution in [0.15, 0.2) is 109 Å². The summed E-state index contributed by atoms with van der Waals surface area (Å²) in [5.41, 5.74) is 14.4. The molecule has 5 aromatic carbocycles. The lowest BCUT2D eigenvalue weighted by Gasteiger charge is -2.44. The molecule has 0 spiro atoms. The van der Waals surface area contributed by atoms with E-state index in [2.05, 4.69) is 163 Å². The monoisotopic (exact) mass is 610 g/mol. The summed E-state index contributed by atoms with van der Waals surface area (Å²) in [6.07, 6.45) is 1.98. The smallest absolute Gasteiger partial charge is 0.0781 e. The zero-order valence-electron chi connectivity index (χ0n) is 28.8. The van der Waals surface area contributed by atoms with Gasteiger partial charge in [-0.05, 0) is 97.5 Å². The molecule has 2 heterocycles. The minimum atomic E-state index is -0.0622. The Bertz CT molecular complexity index is 2460. The molecule has 2 heteroatoms. The maximum absolute atomic E-state index is 5.05. The van der Waals surface area contributed by atoms with E-state index in [9.17, 15) is 0 Å². The van der Waals surface area contributed by atoms with Crippen LogP contribution in [0.4, 0.5) is 0 Å². The van der Waals surface area contributed by atoms with E-state index in [4.69, 9.17) is 4.98 Å². The first kappa shape index (κ1) is 28.5. The van der Waals surface area contributed by atoms with Crippen molar-refractivity contribution >= 4 is 32.6 Å². The van der Waals surface area contributed by atoms with Crippen LogP contribution in [-0.2, 0) is 16.2 Å². The molecule has 0 amide bonds. The first-order valence-electron chi connectivity index (χ1n) is 17.1. The lowest BCUT2D eigenvalue weighted by atomic mass is 9.59. The third kappa shape index (κ3) is 3.49. The highest BCUT2D eigenvalue weighted by Gasteiger charge is 2.56. The summed E-state index contributed by atoms with van der Waals surface area (Å²) in [5.74, 6) is 0. The Morgan fingerprint density at radius 1 is 0.511 bits per heavy atom. The third-order valence-electron chi connectivity index (χ3n) is 13.1. The maximum atomic E-state index is 5.05. The third-order valence-corrected chi connectivity index (χ3v) is 13.1. The average molecular weight is 611 g/mol. The molecule has 0 unspecified atom stereocenters. The Balaban J connectivity index is 1.27. The van der Waals surface area contributed by atoms with Crippen molar-refractivity contribution in [1.29, 1.82) is 0 Å². The zero-order valence-corrected chi connectivity index (χ0v) is 28.8. The van der Waals surface area contributed by atoms with E-state index in [-0.39, 0.29) is 21.7 Å². The van der Waals surface area contributed by atoms with Crippen molar-refractivity contribution in [3.63, 3.8) is 0 Å². The molecule has 232 valence electrons. The van der Waals surface area contributed by atoms with Gasteiger partial charge in [-0.25, -0.2) is 0 Å². The van der Waals surface area contributed by atoms with Crippen LogP contribution in [0.25, 0.3) is 60.6 Å².